The van der Waals surface area contributed by atoms with Gasteiger partial charge in [-0.05, 0) is 128 Å². The van der Waals surface area contributed by atoms with Crippen molar-refractivity contribution in [3.8, 4) is 96.1 Å². The fourth-order valence-electron chi connectivity index (χ4n) is 14.1. The first kappa shape index (κ1) is 47.5. The molecule has 11 aromatic carbocycles. The zero-order valence-corrected chi connectivity index (χ0v) is 45.8. The average molecular weight is 1050 g/mol. The van der Waals surface area contributed by atoms with E-state index in [-0.39, 0.29) is 10.8 Å². The van der Waals surface area contributed by atoms with Gasteiger partial charge in [0.1, 0.15) is 0 Å². The zero-order chi connectivity index (χ0) is 55.0. The molecule has 0 saturated heterocycles. The van der Waals surface area contributed by atoms with Gasteiger partial charge >= 0.3 is 0 Å². The maximum Gasteiger partial charge on any atom is 0.164 e. The number of hydrogen-bond acceptors (Lipinski definition) is 4. The molecule has 386 valence electrons. The summed E-state index contributed by atoms with van der Waals surface area (Å²) < 4.78 is 4.95. The number of hydrogen-bond donors (Lipinski definition) is 0. The highest BCUT2D eigenvalue weighted by molar-refractivity contribution is 6.16. The molecule has 2 aliphatic rings. The molecule has 0 bridgehead atoms. The van der Waals surface area contributed by atoms with E-state index in [4.69, 9.17) is 15.0 Å². The molecule has 14 aromatic rings. The van der Waals surface area contributed by atoms with E-state index < -0.39 is 0 Å². The quantitative estimate of drug-likeness (QED) is 0.159. The molecule has 0 aliphatic heterocycles. The van der Waals surface area contributed by atoms with Crippen LogP contribution in [0.5, 0.6) is 0 Å². The van der Waals surface area contributed by atoms with Crippen LogP contribution in [-0.2, 0) is 10.8 Å². The van der Waals surface area contributed by atoms with Gasteiger partial charge in [0.05, 0.1) is 39.4 Å². The van der Waals surface area contributed by atoms with E-state index in [0.29, 0.717) is 23.0 Å². The summed E-state index contributed by atoms with van der Waals surface area (Å²) in [4.78, 5) is 16.1. The Kier molecular flexibility index (Phi) is 10.3. The van der Waals surface area contributed by atoms with Gasteiger partial charge in [0.2, 0.25) is 0 Å². The monoisotopic (exact) mass is 1050 g/mol. The van der Waals surface area contributed by atoms with Crippen LogP contribution in [-0.4, -0.2) is 24.1 Å². The van der Waals surface area contributed by atoms with Crippen LogP contribution >= 0.6 is 0 Å². The van der Waals surface area contributed by atoms with Crippen LogP contribution in [0.15, 0.2) is 243 Å². The van der Waals surface area contributed by atoms with Gasteiger partial charge in [-0.25, -0.2) is 15.0 Å². The van der Waals surface area contributed by atoms with Gasteiger partial charge in [-0.2, -0.15) is 5.26 Å². The Morgan fingerprint density at radius 1 is 0.341 bits per heavy atom. The molecule has 3 aromatic heterocycles. The Balaban J connectivity index is 1.03. The highest BCUT2D eigenvalue weighted by Gasteiger charge is 2.40. The van der Waals surface area contributed by atoms with Gasteiger partial charge in [-0.3, -0.25) is 0 Å². The molecule has 16 rings (SSSR count). The third kappa shape index (κ3) is 6.90. The van der Waals surface area contributed by atoms with Gasteiger partial charge in [0, 0.05) is 60.3 Å². The van der Waals surface area contributed by atoms with Crippen molar-refractivity contribution in [3.63, 3.8) is 0 Å². The normalized spacial score (nSPS) is 13.5. The Hall–Kier alpha value is -10.5. The van der Waals surface area contributed by atoms with Gasteiger partial charge in [0.25, 0.3) is 0 Å². The van der Waals surface area contributed by atoms with Crippen LogP contribution in [0.2, 0.25) is 0 Å². The minimum absolute atomic E-state index is 0.234. The minimum atomic E-state index is -0.254. The zero-order valence-electron chi connectivity index (χ0n) is 45.8. The molecule has 6 nitrogen and oxygen atoms in total. The third-order valence-electron chi connectivity index (χ3n) is 17.8. The molecular weight excluding hydrogens is 997 g/mol. The van der Waals surface area contributed by atoms with Crippen molar-refractivity contribution in [2.24, 2.45) is 0 Å². The number of benzene rings is 11. The minimum Gasteiger partial charge on any atom is -0.309 e. The third-order valence-corrected chi connectivity index (χ3v) is 17.8. The molecule has 0 atom stereocenters. The number of rotatable bonds is 7. The summed E-state index contributed by atoms with van der Waals surface area (Å²) in [5.74, 6) is 1.74. The molecule has 0 N–H and O–H groups in total. The predicted octanol–water partition coefficient (Wildman–Crippen LogP) is 18.9. The van der Waals surface area contributed by atoms with Crippen molar-refractivity contribution < 1.29 is 0 Å². The summed E-state index contributed by atoms with van der Waals surface area (Å²) in [6, 6.07) is 89.4. The van der Waals surface area contributed by atoms with E-state index in [1.54, 1.807) is 0 Å². The lowest BCUT2D eigenvalue weighted by Crippen LogP contribution is -2.15. The molecule has 0 fully saturated rings. The summed E-state index contributed by atoms with van der Waals surface area (Å²) in [5.41, 5.74) is 23.8. The van der Waals surface area contributed by atoms with Crippen molar-refractivity contribution in [1.29, 1.82) is 5.26 Å². The highest BCUT2D eigenvalue weighted by Crippen LogP contribution is 2.56. The maximum absolute atomic E-state index is 9.95. The second-order valence-electron chi connectivity index (χ2n) is 23.0. The van der Waals surface area contributed by atoms with Crippen molar-refractivity contribution in [1.82, 2.24) is 24.1 Å². The van der Waals surface area contributed by atoms with Crippen LogP contribution < -0.4 is 0 Å². The number of nitriles is 1. The van der Waals surface area contributed by atoms with E-state index in [0.717, 1.165) is 72.4 Å². The van der Waals surface area contributed by atoms with Crippen LogP contribution in [0.3, 0.4) is 0 Å². The molecule has 0 spiro atoms. The van der Waals surface area contributed by atoms with Gasteiger partial charge in [-0.1, -0.05) is 204 Å². The van der Waals surface area contributed by atoms with Crippen molar-refractivity contribution in [2.75, 3.05) is 0 Å². The van der Waals surface area contributed by atoms with E-state index in [9.17, 15) is 5.26 Å². The first-order chi connectivity index (χ1) is 40.2. The van der Waals surface area contributed by atoms with Gasteiger partial charge in [-0.15, -0.1) is 0 Å². The lowest BCUT2D eigenvalue weighted by atomic mass is 9.80. The maximum atomic E-state index is 9.95. The summed E-state index contributed by atoms with van der Waals surface area (Å²) in [6.07, 6.45) is 0. The number of fused-ring (bicyclic) bond motifs is 14. The summed E-state index contributed by atoms with van der Waals surface area (Å²) >= 11 is 0. The molecular formula is C76H52N6. The highest BCUT2D eigenvalue weighted by atomic mass is 15.0. The van der Waals surface area contributed by atoms with Crippen molar-refractivity contribution in [3.05, 3.63) is 270 Å². The second kappa shape index (κ2) is 17.8. The van der Waals surface area contributed by atoms with Crippen LogP contribution in [0.25, 0.3) is 134 Å². The van der Waals surface area contributed by atoms with E-state index in [1.165, 1.54) is 66.1 Å². The molecule has 82 heavy (non-hydrogen) atoms. The SMILES string of the molecule is CC1(C)c2ccccc2-c2ccc3c(c21)c1ccccc1n3-c1ccc(-c2nc(-c3ccccc3)nc(-c3ccccc3)n2)c(-c2cc(-c3ccc(C#N)cc3)ccc2-n2c3ccccc3c3c4c(ccc32)-c2ccccc2C4(C)C)c1. The van der Waals surface area contributed by atoms with E-state index in [2.05, 4.69) is 237 Å². The van der Waals surface area contributed by atoms with Crippen LogP contribution in [0.1, 0.15) is 55.5 Å². The lowest BCUT2D eigenvalue weighted by molar-refractivity contribution is 0.666. The fraction of sp³-hybridized carbons (Fsp3) is 0.0789. The largest absolute Gasteiger partial charge is 0.309 e. The van der Waals surface area contributed by atoms with E-state index >= 15 is 0 Å². The smallest absolute Gasteiger partial charge is 0.164 e. The fourth-order valence-corrected chi connectivity index (χ4v) is 14.1. The lowest BCUT2D eigenvalue weighted by Gasteiger charge is -2.23. The first-order valence-electron chi connectivity index (χ1n) is 28.2. The molecule has 3 heterocycles. The Morgan fingerprint density at radius 3 is 1.39 bits per heavy atom. The summed E-state index contributed by atoms with van der Waals surface area (Å²) in [5, 5.41) is 14.9. The first-order valence-corrected chi connectivity index (χ1v) is 28.2. The summed E-state index contributed by atoms with van der Waals surface area (Å²) in [6.45, 7) is 9.51. The summed E-state index contributed by atoms with van der Waals surface area (Å²) in [7, 11) is 0. The molecule has 6 heteroatoms. The average Bonchev–Trinajstić information content (AvgIpc) is 2.08. The molecule has 0 amide bonds. The Bertz CT molecular complexity index is 4980. The second-order valence-corrected chi connectivity index (χ2v) is 23.0. The van der Waals surface area contributed by atoms with Gasteiger partial charge < -0.3 is 9.13 Å². The topological polar surface area (TPSA) is 72.3 Å². The number of aromatic nitrogens is 5. The van der Waals surface area contributed by atoms with Crippen LogP contribution in [0, 0.1) is 11.3 Å². The van der Waals surface area contributed by atoms with Crippen molar-refractivity contribution in [2.45, 2.75) is 38.5 Å². The van der Waals surface area contributed by atoms with Crippen LogP contribution in [0.4, 0.5) is 0 Å². The molecule has 2 aliphatic carbocycles. The standard InChI is InChI=1S/C76H52N6/c1-75(2)61-27-15-11-23-52(61)54-38-41-66-68(70(54)75)57-25-13-17-29-63(57)81(66)51-36-37-56(74-79-72(48-19-7-5-8-20-48)78-73(80-74)49-21-9-6-10-22-49)59(44-51)60-43-50(47-33-31-46(45-77)32-34-47)35-40-65(60)82-64-30-18-14-26-58(64)69-67(82)42-39-55-53-24-12-16-28-62(53)76(3,4)71(55)69/h5-44H,1-4H3. The molecule has 0 radical (unpaired) electrons. The van der Waals surface area contributed by atoms with Gasteiger partial charge in [0.15, 0.2) is 17.5 Å². The van der Waals surface area contributed by atoms with E-state index in [1.807, 2.05) is 48.5 Å². The van der Waals surface area contributed by atoms with Crippen molar-refractivity contribution >= 4 is 43.6 Å². The molecule has 0 saturated carbocycles. The number of para-hydroxylation sites is 2. The Labute approximate surface area is 475 Å². The predicted molar refractivity (Wildman–Crippen MR) is 336 cm³/mol. The Morgan fingerprint density at radius 2 is 0.817 bits per heavy atom. The number of nitrogens with zero attached hydrogens (tertiary/aromatic N) is 6. The molecule has 0 unspecified atom stereocenters.